The number of carbonyl (C=O) groups is 2. The second kappa shape index (κ2) is 6.98. The summed E-state index contributed by atoms with van der Waals surface area (Å²) >= 11 is 0. The zero-order valence-corrected chi connectivity index (χ0v) is 15.5. The largest absolute Gasteiger partial charge is 0.456 e. The van der Waals surface area contributed by atoms with Crippen LogP contribution in [-0.2, 0) is 20.7 Å². The van der Waals surface area contributed by atoms with E-state index < -0.39 is 0 Å². The molecule has 2 heterocycles. The van der Waals surface area contributed by atoms with Crippen LogP contribution < -0.4 is 5.32 Å². The summed E-state index contributed by atoms with van der Waals surface area (Å²) in [4.78, 5) is 28.3. The van der Waals surface area contributed by atoms with Gasteiger partial charge >= 0.3 is 5.97 Å². The van der Waals surface area contributed by atoms with Crippen LogP contribution in [0.25, 0.3) is 16.6 Å². The van der Waals surface area contributed by atoms with E-state index in [0.29, 0.717) is 6.42 Å². The van der Waals surface area contributed by atoms with Crippen LogP contribution in [0.15, 0.2) is 24.3 Å². The highest BCUT2D eigenvalue weighted by Gasteiger charge is 2.23. The molecule has 1 aliphatic carbocycles. The predicted molar refractivity (Wildman–Crippen MR) is 100 cm³/mol. The van der Waals surface area contributed by atoms with E-state index in [-0.39, 0.29) is 30.9 Å². The van der Waals surface area contributed by atoms with Crippen molar-refractivity contribution >= 4 is 28.4 Å². The number of fused-ring (bicyclic) bond motifs is 3. The maximum atomic E-state index is 12.0. The number of aryl methyl sites for hydroxylation is 2. The number of nitrogens with zero attached hydrogens (tertiary/aromatic N) is 3. The summed E-state index contributed by atoms with van der Waals surface area (Å²) in [6.07, 6.45) is 2.72. The molecule has 0 bridgehead atoms. The van der Waals surface area contributed by atoms with E-state index in [2.05, 4.69) is 10.4 Å². The van der Waals surface area contributed by atoms with E-state index in [1.807, 2.05) is 42.6 Å². The molecular formula is C20H22N4O3. The number of hydrogen-bond acceptors (Lipinski definition) is 5. The first-order valence-electron chi connectivity index (χ1n) is 9.21. The van der Waals surface area contributed by atoms with Crippen LogP contribution in [0.2, 0.25) is 0 Å². The van der Waals surface area contributed by atoms with Gasteiger partial charge < -0.3 is 10.1 Å². The lowest BCUT2D eigenvalue weighted by Crippen LogP contribution is -2.30. The molecule has 0 atom stereocenters. The molecule has 7 heteroatoms. The molecule has 1 aliphatic rings. The first-order valence-corrected chi connectivity index (χ1v) is 9.21. The number of ether oxygens (including phenoxy) is 1. The van der Waals surface area contributed by atoms with Gasteiger partial charge in [0.2, 0.25) is 0 Å². The van der Waals surface area contributed by atoms with Crippen LogP contribution in [-0.4, -0.2) is 39.1 Å². The molecule has 0 spiro atoms. The molecule has 0 aliphatic heterocycles. The van der Waals surface area contributed by atoms with Gasteiger partial charge in [-0.15, -0.1) is 0 Å². The van der Waals surface area contributed by atoms with Gasteiger partial charge in [0, 0.05) is 29.2 Å². The number of nitrogens with one attached hydrogen (secondary N) is 1. The van der Waals surface area contributed by atoms with E-state index in [0.717, 1.165) is 46.3 Å². The Hall–Kier alpha value is -2.96. The predicted octanol–water partition coefficient (Wildman–Crippen LogP) is 2.25. The molecule has 1 fully saturated rings. The smallest absolute Gasteiger partial charge is 0.306 e. The molecule has 0 saturated heterocycles. The zero-order chi connectivity index (χ0) is 19.0. The Balaban J connectivity index is 1.46. The Morgan fingerprint density at radius 2 is 2.04 bits per heavy atom. The van der Waals surface area contributed by atoms with Crippen molar-refractivity contribution in [1.82, 2.24) is 19.9 Å². The summed E-state index contributed by atoms with van der Waals surface area (Å²) in [6, 6.07) is 8.16. The quantitative estimate of drug-likeness (QED) is 0.676. The van der Waals surface area contributed by atoms with E-state index in [1.54, 1.807) is 0 Å². The lowest BCUT2D eigenvalue weighted by atomic mass is 10.1. The van der Waals surface area contributed by atoms with Crippen molar-refractivity contribution < 1.29 is 14.3 Å². The third kappa shape index (κ3) is 3.63. The fourth-order valence-corrected chi connectivity index (χ4v) is 3.28. The van der Waals surface area contributed by atoms with Crippen LogP contribution in [0.1, 0.15) is 36.2 Å². The first-order chi connectivity index (χ1) is 13.0. The van der Waals surface area contributed by atoms with Crippen molar-refractivity contribution in [3.63, 3.8) is 0 Å². The van der Waals surface area contributed by atoms with E-state index in [1.165, 1.54) is 0 Å². The molecule has 0 unspecified atom stereocenters. The van der Waals surface area contributed by atoms with Crippen molar-refractivity contribution in [3.8, 4) is 0 Å². The lowest BCUT2D eigenvalue weighted by molar-refractivity contribution is -0.148. The van der Waals surface area contributed by atoms with Crippen molar-refractivity contribution in [3.05, 3.63) is 41.2 Å². The first kappa shape index (κ1) is 17.5. The van der Waals surface area contributed by atoms with Crippen LogP contribution in [0.3, 0.4) is 0 Å². The highest BCUT2D eigenvalue weighted by atomic mass is 16.5. The third-order valence-corrected chi connectivity index (χ3v) is 4.90. The Labute approximate surface area is 156 Å². The van der Waals surface area contributed by atoms with Crippen molar-refractivity contribution in [1.29, 1.82) is 0 Å². The molecule has 3 aromatic rings. The van der Waals surface area contributed by atoms with Gasteiger partial charge in [-0.25, -0.2) is 9.50 Å². The minimum absolute atomic E-state index is 0.201. The molecule has 0 radical (unpaired) electrons. The fraction of sp³-hybridized carbons (Fsp3) is 0.400. The Bertz CT molecular complexity index is 1040. The number of benzene rings is 1. The third-order valence-electron chi connectivity index (χ3n) is 4.90. The minimum Gasteiger partial charge on any atom is -0.456 e. The van der Waals surface area contributed by atoms with Crippen LogP contribution in [0.4, 0.5) is 0 Å². The lowest BCUT2D eigenvalue weighted by Gasteiger charge is -2.11. The summed E-state index contributed by atoms with van der Waals surface area (Å²) in [5, 5.41) is 8.43. The maximum absolute atomic E-state index is 12.0. The summed E-state index contributed by atoms with van der Waals surface area (Å²) in [5.74, 6) is -0.616. The van der Waals surface area contributed by atoms with Crippen LogP contribution >= 0.6 is 0 Å². The average Bonchev–Trinajstić information content (AvgIpc) is 3.38. The minimum atomic E-state index is -0.384. The number of rotatable bonds is 6. The molecule has 7 nitrogen and oxygen atoms in total. The van der Waals surface area contributed by atoms with Gasteiger partial charge in [0.15, 0.2) is 12.3 Å². The highest BCUT2D eigenvalue weighted by molar-refractivity contribution is 5.92. The average molecular weight is 366 g/mol. The molecule has 1 saturated carbocycles. The van der Waals surface area contributed by atoms with E-state index in [4.69, 9.17) is 9.72 Å². The summed E-state index contributed by atoms with van der Waals surface area (Å²) in [7, 11) is 0. The van der Waals surface area contributed by atoms with Gasteiger partial charge in [-0.3, -0.25) is 9.59 Å². The Morgan fingerprint density at radius 3 is 2.81 bits per heavy atom. The van der Waals surface area contributed by atoms with Crippen molar-refractivity contribution in [2.45, 2.75) is 45.6 Å². The summed E-state index contributed by atoms with van der Waals surface area (Å²) in [6.45, 7) is 3.71. The Morgan fingerprint density at radius 1 is 1.26 bits per heavy atom. The normalized spacial score (nSPS) is 13.9. The molecule has 27 heavy (non-hydrogen) atoms. The molecule has 2 aromatic heterocycles. The standard InChI is InChI=1S/C20H22N4O3/c1-12-15(9-10-19(26)27-11-18(25)22-14-7-8-14)13(2)24-20(21-12)16-5-3-4-6-17(16)23-24/h3-6,14H,7-11H2,1-2H3,(H,22,25). The van der Waals surface area contributed by atoms with Gasteiger partial charge in [-0.05, 0) is 50.8 Å². The SMILES string of the molecule is Cc1nc2c3ccccc3nn2c(C)c1CCC(=O)OCC(=O)NC1CC1. The number of carbonyl (C=O) groups excluding carboxylic acids is 2. The number of esters is 1. The van der Waals surface area contributed by atoms with E-state index in [9.17, 15) is 9.59 Å². The zero-order valence-electron chi connectivity index (χ0n) is 15.5. The van der Waals surface area contributed by atoms with Gasteiger partial charge in [0.1, 0.15) is 0 Å². The molecule has 1 N–H and O–H groups in total. The van der Waals surface area contributed by atoms with Gasteiger partial charge in [0.05, 0.1) is 5.52 Å². The van der Waals surface area contributed by atoms with Crippen LogP contribution in [0.5, 0.6) is 0 Å². The van der Waals surface area contributed by atoms with Crippen LogP contribution in [0, 0.1) is 13.8 Å². The molecule has 1 amide bonds. The topological polar surface area (TPSA) is 85.6 Å². The number of aromatic nitrogens is 3. The molecule has 4 rings (SSSR count). The second-order valence-corrected chi connectivity index (χ2v) is 7.02. The highest BCUT2D eigenvalue weighted by Crippen LogP contribution is 2.23. The van der Waals surface area contributed by atoms with Gasteiger partial charge in [-0.1, -0.05) is 12.1 Å². The summed E-state index contributed by atoms with van der Waals surface area (Å²) in [5.41, 5.74) is 4.54. The van der Waals surface area contributed by atoms with Crippen molar-refractivity contribution in [2.75, 3.05) is 6.61 Å². The van der Waals surface area contributed by atoms with E-state index >= 15 is 0 Å². The van der Waals surface area contributed by atoms with Crippen molar-refractivity contribution in [2.24, 2.45) is 0 Å². The monoisotopic (exact) mass is 366 g/mol. The molecule has 1 aromatic carbocycles. The number of hydrogen-bond donors (Lipinski definition) is 1. The Kier molecular flexibility index (Phi) is 4.51. The molecule has 140 valence electrons. The fourth-order valence-electron chi connectivity index (χ4n) is 3.28. The van der Waals surface area contributed by atoms with Gasteiger partial charge in [0.25, 0.3) is 5.91 Å². The summed E-state index contributed by atoms with van der Waals surface area (Å²) < 4.78 is 6.91. The van der Waals surface area contributed by atoms with Gasteiger partial charge in [-0.2, -0.15) is 5.10 Å². The number of amides is 1. The maximum Gasteiger partial charge on any atom is 0.306 e. The molecular weight excluding hydrogens is 344 g/mol. The second-order valence-electron chi connectivity index (χ2n) is 7.02.